The van der Waals surface area contributed by atoms with Crippen molar-refractivity contribution in [2.75, 3.05) is 6.61 Å². The molecule has 0 saturated heterocycles. The maximum absolute atomic E-state index is 12.7. The van der Waals surface area contributed by atoms with Crippen molar-refractivity contribution in [3.8, 4) is 0 Å². The van der Waals surface area contributed by atoms with E-state index in [9.17, 15) is 14.4 Å². The van der Waals surface area contributed by atoms with Crippen molar-refractivity contribution in [1.82, 2.24) is 9.55 Å². The molecule has 29 heavy (non-hydrogen) atoms. The predicted molar refractivity (Wildman–Crippen MR) is 114 cm³/mol. The summed E-state index contributed by atoms with van der Waals surface area (Å²) < 4.78 is 6.38. The molecular formula is C22H24N2O4S. The van der Waals surface area contributed by atoms with Gasteiger partial charge in [0.2, 0.25) is 5.78 Å². The van der Waals surface area contributed by atoms with Crippen LogP contribution < -0.4 is 5.56 Å². The molecule has 0 saturated carbocycles. The Hall–Kier alpha value is -2.80. The SMILES string of the molecule is Cc1cc(C(=O)COC(=O)Cn2cnc3sc(C)c(C)c3c2=O)c(C)c(C)c1C. The number of aryl methyl sites for hydroxylation is 3. The minimum atomic E-state index is -0.649. The fourth-order valence-corrected chi connectivity index (χ4v) is 4.28. The number of fused-ring (bicyclic) bond motifs is 1. The summed E-state index contributed by atoms with van der Waals surface area (Å²) in [6.45, 7) is 11.0. The first-order valence-electron chi connectivity index (χ1n) is 9.33. The molecule has 3 aromatic rings. The highest BCUT2D eigenvalue weighted by Gasteiger charge is 2.17. The van der Waals surface area contributed by atoms with E-state index in [0.717, 1.165) is 32.7 Å². The van der Waals surface area contributed by atoms with E-state index in [1.54, 1.807) is 0 Å². The zero-order valence-electron chi connectivity index (χ0n) is 17.5. The highest BCUT2D eigenvalue weighted by atomic mass is 32.1. The molecular weight excluding hydrogens is 388 g/mol. The molecule has 0 aliphatic heterocycles. The van der Waals surface area contributed by atoms with Gasteiger partial charge in [-0.3, -0.25) is 19.0 Å². The quantitative estimate of drug-likeness (QED) is 0.471. The van der Waals surface area contributed by atoms with Crippen molar-refractivity contribution in [3.63, 3.8) is 0 Å². The minimum absolute atomic E-state index is 0.257. The van der Waals surface area contributed by atoms with Crippen LogP contribution in [0.25, 0.3) is 10.2 Å². The highest BCUT2D eigenvalue weighted by molar-refractivity contribution is 7.18. The molecule has 1 aromatic carbocycles. The van der Waals surface area contributed by atoms with Gasteiger partial charge in [0.05, 0.1) is 11.7 Å². The smallest absolute Gasteiger partial charge is 0.326 e. The lowest BCUT2D eigenvalue weighted by Crippen LogP contribution is -2.27. The number of ether oxygens (including phenoxy) is 1. The van der Waals surface area contributed by atoms with Crippen LogP contribution in [0.2, 0.25) is 0 Å². The van der Waals surface area contributed by atoms with Gasteiger partial charge in [-0.15, -0.1) is 11.3 Å². The Balaban J connectivity index is 1.73. The molecule has 0 aliphatic carbocycles. The molecule has 7 heteroatoms. The lowest BCUT2D eigenvalue weighted by molar-refractivity contribution is -0.143. The van der Waals surface area contributed by atoms with Crippen LogP contribution in [0.1, 0.15) is 43.1 Å². The second-order valence-electron chi connectivity index (χ2n) is 7.34. The van der Waals surface area contributed by atoms with Gasteiger partial charge in [0.25, 0.3) is 5.56 Å². The maximum Gasteiger partial charge on any atom is 0.326 e. The maximum atomic E-state index is 12.7. The van der Waals surface area contributed by atoms with Crippen molar-refractivity contribution >= 4 is 33.3 Å². The van der Waals surface area contributed by atoms with E-state index < -0.39 is 5.97 Å². The topological polar surface area (TPSA) is 78.3 Å². The second kappa shape index (κ2) is 7.91. The predicted octanol–water partition coefficient (Wildman–Crippen LogP) is 3.73. The Bertz CT molecular complexity index is 1200. The number of ketones is 1. The Morgan fingerprint density at radius 2 is 1.72 bits per heavy atom. The van der Waals surface area contributed by atoms with Crippen molar-refractivity contribution in [2.45, 2.75) is 48.1 Å². The molecule has 0 spiro atoms. The average molecular weight is 413 g/mol. The first kappa shape index (κ1) is 20.9. The standard InChI is InChI=1S/C22H24N2O4S/c1-11-7-17(14(4)13(3)12(11)2)18(25)9-28-19(26)8-24-10-23-21-20(22(24)27)15(5)16(6)29-21/h7,10H,8-9H2,1-6H3. The van der Waals surface area contributed by atoms with E-state index in [0.29, 0.717) is 15.8 Å². The summed E-state index contributed by atoms with van der Waals surface area (Å²) in [6.07, 6.45) is 1.35. The van der Waals surface area contributed by atoms with Gasteiger partial charge in [0.1, 0.15) is 11.4 Å². The van der Waals surface area contributed by atoms with Crippen molar-refractivity contribution in [2.24, 2.45) is 0 Å². The fraction of sp³-hybridized carbons (Fsp3) is 0.364. The number of hydrogen-bond acceptors (Lipinski definition) is 6. The Labute approximate surface area is 173 Å². The summed E-state index contributed by atoms with van der Waals surface area (Å²) in [7, 11) is 0. The third-order valence-electron chi connectivity index (χ3n) is 5.60. The van der Waals surface area contributed by atoms with Crippen LogP contribution in [0, 0.1) is 41.5 Å². The van der Waals surface area contributed by atoms with Crippen molar-refractivity contribution in [3.05, 3.63) is 61.0 Å². The van der Waals surface area contributed by atoms with Crippen LogP contribution in [-0.4, -0.2) is 27.9 Å². The molecule has 0 aliphatic rings. The van der Waals surface area contributed by atoms with Gasteiger partial charge in [-0.05, 0) is 75.4 Å². The Morgan fingerprint density at radius 1 is 1.03 bits per heavy atom. The molecule has 0 fully saturated rings. The minimum Gasteiger partial charge on any atom is -0.456 e. The third kappa shape index (κ3) is 3.87. The highest BCUT2D eigenvalue weighted by Crippen LogP contribution is 2.25. The fourth-order valence-electron chi connectivity index (χ4n) is 3.29. The number of aromatic nitrogens is 2. The molecule has 0 bridgehead atoms. The number of nitrogens with zero attached hydrogens (tertiary/aromatic N) is 2. The molecule has 3 rings (SSSR count). The summed E-state index contributed by atoms with van der Waals surface area (Å²) in [5.41, 5.74) is 5.28. The van der Waals surface area contributed by atoms with Gasteiger partial charge >= 0.3 is 5.97 Å². The van der Waals surface area contributed by atoms with Crippen molar-refractivity contribution in [1.29, 1.82) is 0 Å². The van der Waals surface area contributed by atoms with Gasteiger partial charge in [0.15, 0.2) is 6.61 Å². The lowest BCUT2D eigenvalue weighted by atomic mass is 9.93. The Morgan fingerprint density at radius 3 is 2.41 bits per heavy atom. The molecule has 2 heterocycles. The molecule has 152 valence electrons. The Kier molecular flexibility index (Phi) is 5.71. The van der Waals surface area contributed by atoms with E-state index in [-0.39, 0.29) is 24.5 Å². The number of benzene rings is 1. The third-order valence-corrected chi connectivity index (χ3v) is 6.72. The number of rotatable bonds is 5. The number of carbonyl (C=O) groups is 2. The first-order chi connectivity index (χ1) is 13.6. The molecule has 0 amide bonds. The monoisotopic (exact) mass is 412 g/mol. The van der Waals surface area contributed by atoms with Gasteiger partial charge in [-0.25, -0.2) is 4.98 Å². The van der Waals surface area contributed by atoms with Crippen LogP contribution in [0.5, 0.6) is 0 Å². The molecule has 0 N–H and O–H groups in total. The summed E-state index contributed by atoms with van der Waals surface area (Å²) >= 11 is 1.45. The lowest BCUT2D eigenvalue weighted by Gasteiger charge is -2.13. The van der Waals surface area contributed by atoms with E-state index in [4.69, 9.17) is 4.74 Å². The van der Waals surface area contributed by atoms with Gasteiger partial charge in [-0.1, -0.05) is 0 Å². The zero-order valence-corrected chi connectivity index (χ0v) is 18.3. The second-order valence-corrected chi connectivity index (χ2v) is 8.54. The average Bonchev–Trinajstić information content (AvgIpc) is 2.98. The van der Waals surface area contributed by atoms with Crippen LogP contribution in [0.4, 0.5) is 0 Å². The zero-order chi connectivity index (χ0) is 21.5. The van der Waals surface area contributed by atoms with Crippen LogP contribution in [0.3, 0.4) is 0 Å². The normalized spacial score (nSPS) is 11.1. The largest absolute Gasteiger partial charge is 0.456 e. The molecule has 0 atom stereocenters. The summed E-state index contributed by atoms with van der Waals surface area (Å²) in [5, 5.41) is 0.528. The first-order valence-corrected chi connectivity index (χ1v) is 10.1. The van der Waals surface area contributed by atoms with Crippen LogP contribution >= 0.6 is 11.3 Å². The van der Waals surface area contributed by atoms with Gasteiger partial charge < -0.3 is 4.74 Å². The number of carbonyl (C=O) groups excluding carboxylic acids is 2. The van der Waals surface area contributed by atoms with Crippen molar-refractivity contribution < 1.29 is 14.3 Å². The van der Waals surface area contributed by atoms with Gasteiger partial charge in [-0.2, -0.15) is 0 Å². The van der Waals surface area contributed by atoms with E-state index in [2.05, 4.69) is 4.98 Å². The molecule has 0 unspecified atom stereocenters. The number of esters is 1. The van der Waals surface area contributed by atoms with E-state index in [1.807, 2.05) is 47.6 Å². The number of Topliss-reactive ketones (excluding diaryl/α,β-unsaturated/α-hetero) is 1. The molecule has 0 radical (unpaired) electrons. The summed E-state index contributed by atoms with van der Waals surface area (Å²) in [4.78, 5) is 43.4. The van der Waals surface area contributed by atoms with Gasteiger partial charge in [0, 0.05) is 10.4 Å². The summed E-state index contributed by atoms with van der Waals surface area (Å²) in [5.74, 6) is -0.906. The molecule has 2 aromatic heterocycles. The van der Waals surface area contributed by atoms with E-state index in [1.165, 1.54) is 22.2 Å². The summed E-state index contributed by atoms with van der Waals surface area (Å²) in [6, 6.07) is 1.83. The number of thiophene rings is 1. The molecule has 6 nitrogen and oxygen atoms in total. The van der Waals surface area contributed by atoms with Crippen LogP contribution in [-0.2, 0) is 16.1 Å². The van der Waals surface area contributed by atoms with E-state index >= 15 is 0 Å². The number of hydrogen-bond donors (Lipinski definition) is 0. The van der Waals surface area contributed by atoms with Crippen LogP contribution in [0.15, 0.2) is 17.2 Å².